The molecule has 6 nitrogen and oxygen atoms in total. The van der Waals surface area contributed by atoms with Gasteiger partial charge in [0.25, 0.3) is 0 Å². The third-order valence-corrected chi connectivity index (χ3v) is 5.02. The summed E-state index contributed by atoms with van der Waals surface area (Å²) in [7, 11) is 1.23. The monoisotopic (exact) mass is 364 g/mol. The van der Waals surface area contributed by atoms with Crippen molar-refractivity contribution in [1.29, 1.82) is 0 Å². The van der Waals surface area contributed by atoms with Crippen molar-refractivity contribution in [3.05, 3.63) is 0 Å². The van der Waals surface area contributed by atoms with E-state index in [2.05, 4.69) is 5.32 Å². The number of nitrogens with zero attached hydrogens (tertiary/aromatic N) is 1. The number of amides is 2. The Morgan fingerprint density at radius 1 is 1.32 bits per heavy atom. The standard InChI is InChI=1S/C16H23F3N2O4/c1-10-3-5-15(6-4-10,14(24)25-2)20-13(23)11-7-12(22)21(8-11)9-16(17,18)19/h10-11H,3-9H2,1-2H3,(H,20,23). The normalized spacial score (nSPS) is 30.3. The molecule has 25 heavy (non-hydrogen) atoms. The van der Waals surface area contributed by atoms with Gasteiger partial charge in [-0.25, -0.2) is 4.79 Å². The predicted molar refractivity (Wildman–Crippen MR) is 81.3 cm³/mol. The Morgan fingerprint density at radius 2 is 1.92 bits per heavy atom. The van der Waals surface area contributed by atoms with Gasteiger partial charge in [0, 0.05) is 13.0 Å². The summed E-state index contributed by atoms with van der Waals surface area (Å²) in [5, 5.41) is 2.68. The molecule has 1 saturated heterocycles. The van der Waals surface area contributed by atoms with Gasteiger partial charge in [-0.1, -0.05) is 6.92 Å². The molecule has 2 rings (SSSR count). The molecular weight excluding hydrogens is 341 g/mol. The van der Waals surface area contributed by atoms with E-state index in [4.69, 9.17) is 4.74 Å². The summed E-state index contributed by atoms with van der Waals surface area (Å²) in [4.78, 5) is 37.1. The molecule has 0 aromatic rings. The zero-order valence-corrected chi connectivity index (χ0v) is 14.3. The molecule has 1 heterocycles. The number of nitrogens with one attached hydrogen (secondary N) is 1. The van der Waals surface area contributed by atoms with Crippen molar-refractivity contribution in [2.24, 2.45) is 11.8 Å². The number of rotatable bonds is 4. The highest BCUT2D eigenvalue weighted by Crippen LogP contribution is 2.34. The van der Waals surface area contributed by atoms with Gasteiger partial charge in [0.15, 0.2) is 0 Å². The van der Waals surface area contributed by atoms with Crippen LogP contribution in [-0.2, 0) is 19.1 Å². The van der Waals surface area contributed by atoms with E-state index in [9.17, 15) is 27.6 Å². The molecule has 1 unspecified atom stereocenters. The maximum atomic E-state index is 12.5. The minimum Gasteiger partial charge on any atom is -0.467 e. The van der Waals surface area contributed by atoms with E-state index in [-0.39, 0.29) is 13.0 Å². The molecule has 1 atom stereocenters. The van der Waals surface area contributed by atoms with Crippen LogP contribution in [0.25, 0.3) is 0 Å². The average Bonchev–Trinajstić information content (AvgIpc) is 2.88. The number of likely N-dealkylation sites (tertiary alicyclic amines) is 1. The molecule has 1 N–H and O–H groups in total. The first-order valence-corrected chi connectivity index (χ1v) is 8.31. The van der Waals surface area contributed by atoms with Crippen molar-refractivity contribution in [1.82, 2.24) is 10.2 Å². The van der Waals surface area contributed by atoms with E-state index < -0.39 is 42.0 Å². The second-order valence-corrected chi connectivity index (χ2v) is 7.04. The lowest BCUT2D eigenvalue weighted by Crippen LogP contribution is -2.58. The predicted octanol–water partition coefficient (Wildman–Crippen LogP) is 1.64. The number of hydrogen-bond donors (Lipinski definition) is 1. The number of carbonyl (C=O) groups excluding carboxylic acids is 3. The molecule has 0 aromatic heterocycles. The fourth-order valence-electron chi connectivity index (χ4n) is 3.49. The summed E-state index contributed by atoms with van der Waals surface area (Å²) in [5.41, 5.74) is -1.15. The molecule has 0 radical (unpaired) electrons. The average molecular weight is 364 g/mol. The summed E-state index contributed by atoms with van der Waals surface area (Å²) in [6, 6.07) is 0. The molecule has 1 saturated carbocycles. The van der Waals surface area contributed by atoms with E-state index in [1.165, 1.54) is 7.11 Å². The van der Waals surface area contributed by atoms with Gasteiger partial charge in [0.05, 0.1) is 13.0 Å². The number of halogens is 3. The lowest BCUT2D eigenvalue weighted by Gasteiger charge is -2.38. The van der Waals surface area contributed by atoms with Gasteiger partial charge in [-0.2, -0.15) is 13.2 Å². The van der Waals surface area contributed by atoms with E-state index >= 15 is 0 Å². The van der Waals surface area contributed by atoms with Crippen LogP contribution in [0.3, 0.4) is 0 Å². The quantitative estimate of drug-likeness (QED) is 0.770. The Morgan fingerprint density at radius 3 is 2.44 bits per heavy atom. The smallest absolute Gasteiger partial charge is 0.406 e. The molecule has 9 heteroatoms. The van der Waals surface area contributed by atoms with Crippen LogP contribution in [0, 0.1) is 11.8 Å². The van der Waals surface area contributed by atoms with Crippen LogP contribution >= 0.6 is 0 Å². The fourth-order valence-corrected chi connectivity index (χ4v) is 3.49. The summed E-state index contributed by atoms with van der Waals surface area (Å²) in [6.45, 7) is 0.390. The zero-order chi connectivity index (χ0) is 18.8. The number of ether oxygens (including phenoxy) is 1. The largest absolute Gasteiger partial charge is 0.467 e. The summed E-state index contributed by atoms with van der Waals surface area (Å²) in [5.74, 6) is -2.30. The van der Waals surface area contributed by atoms with Crippen molar-refractivity contribution in [3.8, 4) is 0 Å². The van der Waals surface area contributed by atoms with E-state index in [0.29, 0.717) is 23.7 Å². The van der Waals surface area contributed by atoms with E-state index in [0.717, 1.165) is 12.8 Å². The SMILES string of the molecule is COC(=O)C1(NC(=O)C2CC(=O)N(CC(F)(F)F)C2)CCC(C)CC1. The molecule has 0 spiro atoms. The number of methoxy groups -OCH3 is 1. The van der Waals surface area contributed by atoms with Crippen molar-refractivity contribution >= 4 is 17.8 Å². The third kappa shape index (κ3) is 4.64. The minimum absolute atomic E-state index is 0.282. The van der Waals surface area contributed by atoms with Crippen LogP contribution in [0.15, 0.2) is 0 Å². The van der Waals surface area contributed by atoms with Crippen molar-refractivity contribution in [2.45, 2.75) is 50.7 Å². The second kappa shape index (κ2) is 7.21. The topological polar surface area (TPSA) is 75.7 Å². The molecule has 0 aromatic carbocycles. The molecule has 142 valence electrons. The highest BCUT2D eigenvalue weighted by molar-refractivity contribution is 5.93. The van der Waals surface area contributed by atoms with Crippen LogP contribution in [0.5, 0.6) is 0 Å². The molecule has 1 aliphatic heterocycles. The van der Waals surface area contributed by atoms with Gasteiger partial charge in [0.2, 0.25) is 11.8 Å². The van der Waals surface area contributed by atoms with Crippen LogP contribution in [-0.4, -0.2) is 54.6 Å². The van der Waals surface area contributed by atoms with Gasteiger partial charge in [-0.05, 0) is 31.6 Å². The number of carbonyl (C=O) groups is 3. The molecule has 2 aliphatic rings. The zero-order valence-electron chi connectivity index (χ0n) is 14.3. The number of hydrogen-bond acceptors (Lipinski definition) is 4. The van der Waals surface area contributed by atoms with Crippen molar-refractivity contribution < 1.29 is 32.3 Å². The second-order valence-electron chi connectivity index (χ2n) is 7.04. The van der Waals surface area contributed by atoms with Crippen LogP contribution in [0.4, 0.5) is 13.2 Å². The highest BCUT2D eigenvalue weighted by atomic mass is 19.4. The summed E-state index contributed by atoms with van der Waals surface area (Å²) in [6.07, 6.45) is -2.49. The maximum absolute atomic E-state index is 12.5. The van der Waals surface area contributed by atoms with Gasteiger partial charge in [-0.15, -0.1) is 0 Å². The Balaban J connectivity index is 2.04. The number of esters is 1. The minimum atomic E-state index is -4.51. The Labute approximate surface area is 144 Å². The number of alkyl halides is 3. The third-order valence-electron chi connectivity index (χ3n) is 5.02. The van der Waals surface area contributed by atoms with Crippen LogP contribution in [0.2, 0.25) is 0 Å². The Hall–Kier alpha value is -1.80. The summed E-state index contributed by atoms with van der Waals surface area (Å²) >= 11 is 0. The Kier molecular flexibility index (Phi) is 5.63. The van der Waals surface area contributed by atoms with Gasteiger partial charge in [0.1, 0.15) is 12.1 Å². The first-order valence-electron chi connectivity index (χ1n) is 8.31. The summed E-state index contributed by atoms with van der Waals surface area (Å²) < 4.78 is 42.2. The van der Waals surface area contributed by atoms with Crippen LogP contribution in [0.1, 0.15) is 39.0 Å². The molecule has 0 bridgehead atoms. The van der Waals surface area contributed by atoms with Crippen molar-refractivity contribution in [3.63, 3.8) is 0 Å². The first-order chi connectivity index (χ1) is 11.6. The molecule has 1 aliphatic carbocycles. The lowest BCUT2D eigenvalue weighted by molar-refractivity contribution is -0.157. The first kappa shape index (κ1) is 19.5. The Bertz CT molecular complexity index is 542. The lowest BCUT2D eigenvalue weighted by atomic mass is 9.76. The van der Waals surface area contributed by atoms with Gasteiger partial charge < -0.3 is 15.0 Å². The molecular formula is C16H23F3N2O4. The molecule has 2 amide bonds. The maximum Gasteiger partial charge on any atom is 0.406 e. The van der Waals surface area contributed by atoms with Gasteiger partial charge >= 0.3 is 12.1 Å². The molecule has 2 fully saturated rings. The van der Waals surface area contributed by atoms with Gasteiger partial charge in [-0.3, -0.25) is 9.59 Å². The fraction of sp³-hybridized carbons (Fsp3) is 0.812. The van der Waals surface area contributed by atoms with E-state index in [1.54, 1.807) is 0 Å². The van der Waals surface area contributed by atoms with Crippen molar-refractivity contribution in [2.75, 3.05) is 20.2 Å². The van der Waals surface area contributed by atoms with E-state index in [1.807, 2.05) is 6.92 Å². The van der Waals surface area contributed by atoms with Crippen LogP contribution < -0.4 is 5.32 Å². The highest BCUT2D eigenvalue weighted by Gasteiger charge is 2.46.